The first-order valence-corrected chi connectivity index (χ1v) is 12.3. The van der Waals surface area contributed by atoms with Gasteiger partial charge in [-0.25, -0.2) is 4.79 Å². The SMILES string of the molecule is CCc1cc(Cl)cc(OC[C@@H]2C(CCCc3ccc(C(=O)OC)s3)[C@H](Cl)C[C@H]2C)c1. The number of alkyl halides is 1. The van der Waals surface area contributed by atoms with Crippen molar-refractivity contribution < 1.29 is 14.3 Å². The Morgan fingerprint density at radius 2 is 2.03 bits per heavy atom. The lowest BCUT2D eigenvalue weighted by Crippen LogP contribution is -2.24. The molecule has 1 heterocycles. The maximum Gasteiger partial charge on any atom is 0.348 e. The highest BCUT2D eigenvalue weighted by atomic mass is 35.5. The van der Waals surface area contributed by atoms with E-state index in [0.717, 1.165) is 42.9 Å². The number of carbonyl (C=O) groups excluding carboxylic acids is 1. The van der Waals surface area contributed by atoms with Gasteiger partial charge in [0.05, 0.1) is 13.7 Å². The van der Waals surface area contributed by atoms with Crippen molar-refractivity contribution in [3.05, 3.63) is 50.7 Å². The van der Waals surface area contributed by atoms with Crippen LogP contribution in [-0.4, -0.2) is 25.1 Å². The van der Waals surface area contributed by atoms with Crippen LogP contribution in [-0.2, 0) is 17.6 Å². The molecule has 1 unspecified atom stereocenters. The number of thiophene rings is 1. The molecule has 1 fully saturated rings. The van der Waals surface area contributed by atoms with Gasteiger partial charge in [0.2, 0.25) is 0 Å². The second kappa shape index (κ2) is 10.9. The summed E-state index contributed by atoms with van der Waals surface area (Å²) in [6, 6.07) is 9.83. The minimum atomic E-state index is -0.263. The summed E-state index contributed by atoms with van der Waals surface area (Å²) in [5, 5.41) is 0.908. The smallest absolute Gasteiger partial charge is 0.348 e. The molecule has 4 atom stereocenters. The minimum absolute atomic E-state index is 0.188. The number of aryl methyl sites for hydroxylation is 2. The summed E-state index contributed by atoms with van der Waals surface area (Å²) in [5.74, 6) is 1.99. The molecule has 0 spiro atoms. The van der Waals surface area contributed by atoms with Crippen molar-refractivity contribution >= 4 is 40.5 Å². The first kappa shape index (κ1) is 23.4. The molecule has 0 bridgehead atoms. The molecule has 3 rings (SSSR count). The van der Waals surface area contributed by atoms with Crippen molar-refractivity contribution in [1.29, 1.82) is 0 Å². The van der Waals surface area contributed by atoms with Crippen LogP contribution in [0.3, 0.4) is 0 Å². The van der Waals surface area contributed by atoms with E-state index >= 15 is 0 Å². The Balaban J connectivity index is 1.56. The lowest BCUT2D eigenvalue weighted by Gasteiger charge is -2.24. The molecule has 0 N–H and O–H groups in total. The zero-order valence-corrected chi connectivity index (χ0v) is 20.2. The molecule has 30 heavy (non-hydrogen) atoms. The third-order valence-electron chi connectivity index (χ3n) is 6.13. The van der Waals surface area contributed by atoms with Gasteiger partial charge in [0.1, 0.15) is 10.6 Å². The number of methoxy groups -OCH3 is 1. The highest BCUT2D eigenvalue weighted by Crippen LogP contribution is 2.43. The number of hydrogen-bond donors (Lipinski definition) is 0. The highest BCUT2D eigenvalue weighted by Gasteiger charge is 2.40. The standard InChI is InChI=1S/C24H30Cl2O3S/c1-4-16-11-17(25)13-18(12-16)29-14-21-15(2)10-22(26)20(21)7-5-6-19-8-9-23(30-19)24(27)28-3/h8-9,11-13,15,20-22H,4-7,10,14H2,1-3H3/t15-,20?,21+,22-/m1/s1. The molecular weight excluding hydrogens is 439 g/mol. The van der Waals surface area contributed by atoms with E-state index in [4.69, 9.17) is 32.7 Å². The summed E-state index contributed by atoms with van der Waals surface area (Å²) in [5.41, 5.74) is 1.19. The monoisotopic (exact) mass is 468 g/mol. The molecule has 1 aliphatic rings. The van der Waals surface area contributed by atoms with Gasteiger partial charge in [-0.05, 0) is 85.8 Å². The number of halogens is 2. The fourth-order valence-corrected chi connectivity index (χ4v) is 6.22. The molecule has 1 saturated carbocycles. The summed E-state index contributed by atoms with van der Waals surface area (Å²) < 4.78 is 11.0. The van der Waals surface area contributed by atoms with Gasteiger partial charge in [0, 0.05) is 15.3 Å². The molecule has 3 nitrogen and oxygen atoms in total. The quantitative estimate of drug-likeness (QED) is 0.292. The molecule has 164 valence electrons. The molecule has 0 amide bonds. The largest absolute Gasteiger partial charge is 0.493 e. The van der Waals surface area contributed by atoms with Gasteiger partial charge >= 0.3 is 5.97 Å². The minimum Gasteiger partial charge on any atom is -0.493 e. The van der Waals surface area contributed by atoms with Gasteiger partial charge in [0.15, 0.2) is 0 Å². The van der Waals surface area contributed by atoms with Crippen molar-refractivity contribution in [2.75, 3.05) is 13.7 Å². The Bertz CT molecular complexity index is 851. The van der Waals surface area contributed by atoms with Crippen molar-refractivity contribution in [3.8, 4) is 5.75 Å². The number of hydrogen-bond acceptors (Lipinski definition) is 4. The van der Waals surface area contributed by atoms with Crippen molar-refractivity contribution in [2.24, 2.45) is 17.8 Å². The van der Waals surface area contributed by atoms with Gasteiger partial charge in [-0.15, -0.1) is 22.9 Å². The van der Waals surface area contributed by atoms with E-state index in [9.17, 15) is 4.79 Å². The molecule has 1 aliphatic carbocycles. The van der Waals surface area contributed by atoms with Gasteiger partial charge in [0.25, 0.3) is 0 Å². The van der Waals surface area contributed by atoms with E-state index in [2.05, 4.69) is 19.9 Å². The van der Waals surface area contributed by atoms with Crippen LogP contribution >= 0.6 is 34.5 Å². The number of benzene rings is 1. The normalized spacial score (nSPS) is 23.5. The first-order valence-electron chi connectivity index (χ1n) is 10.6. The predicted octanol–water partition coefficient (Wildman–Crippen LogP) is 7.03. The van der Waals surface area contributed by atoms with E-state index < -0.39 is 0 Å². The number of esters is 1. The second-order valence-corrected chi connectivity index (χ2v) is 10.3. The summed E-state index contributed by atoms with van der Waals surface area (Å²) in [4.78, 5) is 13.5. The van der Waals surface area contributed by atoms with Crippen LogP contribution in [0.4, 0.5) is 0 Å². The van der Waals surface area contributed by atoms with Crippen molar-refractivity contribution in [2.45, 2.75) is 51.3 Å². The van der Waals surface area contributed by atoms with Crippen LogP contribution < -0.4 is 4.74 Å². The maximum atomic E-state index is 11.6. The van der Waals surface area contributed by atoms with Crippen LogP contribution in [0.1, 0.15) is 53.2 Å². The van der Waals surface area contributed by atoms with Crippen LogP contribution in [0.5, 0.6) is 5.75 Å². The number of rotatable bonds is 9. The fourth-order valence-electron chi connectivity index (χ4n) is 4.41. The van der Waals surface area contributed by atoms with Crippen molar-refractivity contribution in [3.63, 3.8) is 0 Å². The maximum absolute atomic E-state index is 11.6. The Hall–Kier alpha value is -1.23. The average Bonchev–Trinajstić information content (AvgIpc) is 3.30. The van der Waals surface area contributed by atoms with Crippen LogP contribution in [0.15, 0.2) is 30.3 Å². The molecule has 6 heteroatoms. The lowest BCUT2D eigenvalue weighted by molar-refractivity contribution is 0.0606. The topological polar surface area (TPSA) is 35.5 Å². The molecular formula is C24H30Cl2O3S. The van der Waals surface area contributed by atoms with Crippen LogP contribution in [0, 0.1) is 17.8 Å². The molecule has 1 aromatic heterocycles. The summed E-state index contributed by atoms with van der Waals surface area (Å²) >= 11 is 14.5. The highest BCUT2D eigenvalue weighted by molar-refractivity contribution is 7.13. The van der Waals surface area contributed by atoms with Crippen LogP contribution in [0.2, 0.25) is 5.02 Å². The van der Waals surface area contributed by atoms with E-state index in [0.29, 0.717) is 29.2 Å². The fraction of sp³-hybridized carbons (Fsp3) is 0.542. The molecule has 2 aromatic rings. The Labute approximate surface area is 193 Å². The zero-order valence-electron chi connectivity index (χ0n) is 17.8. The Kier molecular flexibility index (Phi) is 8.50. The first-order chi connectivity index (χ1) is 14.4. The average molecular weight is 469 g/mol. The lowest BCUT2D eigenvalue weighted by atomic mass is 9.87. The van der Waals surface area contributed by atoms with Crippen molar-refractivity contribution in [1.82, 2.24) is 0 Å². The van der Waals surface area contributed by atoms with Gasteiger partial charge in [-0.1, -0.05) is 25.4 Å². The predicted molar refractivity (Wildman–Crippen MR) is 125 cm³/mol. The molecule has 0 radical (unpaired) electrons. The van der Waals surface area contributed by atoms with E-state index in [-0.39, 0.29) is 11.3 Å². The van der Waals surface area contributed by atoms with Gasteiger partial charge in [-0.2, -0.15) is 0 Å². The molecule has 0 aliphatic heterocycles. The van der Waals surface area contributed by atoms with E-state index in [1.807, 2.05) is 24.3 Å². The Morgan fingerprint density at radius 1 is 1.23 bits per heavy atom. The zero-order chi connectivity index (χ0) is 21.7. The molecule has 0 saturated heterocycles. The third kappa shape index (κ3) is 5.93. The summed E-state index contributed by atoms with van der Waals surface area (Å²) in [7, 11) is 1.41. The third-order valence-corrected chi connectivity index (χ3v) is 7.98. The summed E-state index contributed by atoms with van der Waals surface area (Å²) in [6.45, 7) is 5.06. The summed E-state index contributed by atoms with van der Waals surface area (Å²) in [6.07, 6.45) is 5.03. The van der Waals surface area contributed by atoms with Gasteiger partial charge < -0.3 is 9.47 Å². The number of ether oxygens (including phenoxy) is 2. The van der Waals surface area contributed by atoms with E-state index in [1.54, 1.807) is 0 Å². The Morgan fingerprint density at radius 3 is 2.77 bits per heavy atom. The second-order valence-electron chi connectivity index (χ2n) is 8.17. The molecule has 1 aromatic carbocycles. The number of carbonyl (C=O) groups is 1. The van der Waals surface area contributed by atoms with Crippen LogP contribution in [0.25, 0.3) is 0 Å². The van der Waals surface area contributed by atoms with E-state index in [1.165, 1.54) is 28.9 Å². The van der Waals surface area contributed by atoms with Gasteiger partial charge in [-0.3, -0.25) is 0 Å².